The molecule has 1 fully saturated rings. The molecule has 1 aliphatic rings. The van der Waals surface area contributed by atoms with E-state index >= 15 is 0 Å². The van der Waals surface area contributed by atoms with Crippen LogP contribution in [0.4, 0.5) is 4.39 Å². The van der Waals surface area contributed by atoms with Gasteiger partial charge in [0.1, 0.15) is 5.82 Å². The van der Waals surface area contributed by atoms with Gasteiger partial charge in [0.2, 0.25) is 5.91 Å². The molecule has 1 unspecified atom stereocenters. The predicted molar refractivity (Wildman–Crippen MR) is 80.3 cm³/mol. The normalized spacial score (nSPS) is 16.9. The van der Waals surface area contributed by atoms with Crippen molar-refractivity contribution in [2.75, 3.05) is 6.54 Å². The van der Waals surface area contributed by atoms with Crippen molar-refractivity contribution in [1.82, 2.24) is 5.32 Å². The van der Waals surface area contributed by atoms with Gasteiger partial charge in [0.25, 0.3) is 0 Å². The minimum Gasteiger partial charge on any atom is -0.349 e. The molecule has 0 saturated heterocycles. The van der Waals surface area contributed by atoms with E-state index in [4.69, 9.17) is 5.73 Å². The number of carbonyl (C=O) groups excluding carboxylic acids is 1. The van der Waals surface area contributed by atoms with Gasteiger partial charge in [0, 0.05) is 13.0 Å². The minimum absolute atomic E-state index is 0. The number of hydrogen-bond donors (Lipinski definition) is 2. The third-order valence-corrected chi connectivity index (χ3v) is 3.88. The number of hydrogen-bond acceptors (Lipinski definition) is 2. The maximum Gasteiger partial charge on any atom is 0.220 e. The lowest BCUT2D eigenvalue weighted by Crippen LogP contribution is -2.53. The minimum atomic E-state index is -0.264. The van der Waals surface area contributed by atoms with E-state index in [-0.39, 0.29) is 29.7 Å². The summed E-state index contributed by atoms with van der Waals surface area (Å²) in [7, 11) is 0. The molecule has 0 spiro atoms. The lowest BCUT2D eigenvalue weighted by molar-refractivity contribution is -0.123. The Morgan fingerprint density at radius 2 is 2.00 bits per heavy atom. The standard InChI is InChI=1S/C15H21FN2O.ClH/c1-15(10-17,12-5-6-12)18-14(19)9-4-11-2-7-13(16)8-3-11;/h2-3,7-8,12H,4-6,9-10,17H2,1H3,(H,18,19);1H. The Bertz CT molecular complexity index is 448. The molecule has 0 bridgehead atoms. The fraction of sp³-hybridized carbons (Fsp3) is 0.533. The van der Waals surface area contributed by atoms with E-state index in [0.717, 1.165) is 18.4 Å². The molecular formula is C15H22ClFN2O. The molecule has 1 aromatic rings. The molecule has 2 rings (SSSR count). The molecule has 20 heavy (non-hydrogen) atoms. The van der Waals surface area contributed by atoms with Crippen molar-refractivity contribution in [2.45, 2.75) is 38.1 Å². The van der Waals surface area contributed by atoms with Gasteiger partial charge >= 0.3 is 0 Å². The molecule has 3 nitrogen and oxygen atoms in total. The summed E-state index contributed by atoms with van der Waals surface area (Å²) in [5.41, 5.74) is 6.47. The van der Waals surface area contributed by atoms with Gasteiger partial charge in [0.05, 0.1) is 5.54 Å². The van der Waals surface area contributed by atoms with Crippen LogP contribution < -0.4 is 11.1 Å². The summed E-state index contributed by atoms with van der Waals surface area (Å²) < 4.78 is 12.8. The van der Waals surface area contributed by atoms with E-state index in [1.165, 1.54) is 12.1 Å². The maximum atomic E-state index is 12.8. The number of aryl methyl sites for hydroxylation is 1. The van der Waals surface area contributed by atoms with Gasteiger partial charge in [-0.05, 0) is 49.8 Å². The lowest BCUT2D eigenvalue weighted by atomic mass is 9.95. The molecular weight excluding hydrogens is 279 g/mol. The summed E-state index contributed by atoms with van der Waals surface area (Å²) in [4.78, 5) is 11.9. The summed E-state index contributed by atoms with van der Waals surface area (Å²) >= 11 is 0. The van der Waals surface area contributed by atoms with Crippen molar-refractivity contribution < 1.29 is 9.18 Å². The largest absolute Gasteiger partial charge is 0.349 e. The number of amides is 1. The Morgan fingerprint density at radius 1 is 1.40 bits per heavy atom. The Morgan fingerprint density at radius 3 is 2.50 bits per heavy atom. The first kappa shape index (κ1) is 16.9. The van der Waals surface area contributed by atoms with Crippen molar-refractivity contribution in [1.29, 1.82) is 0 Å². The van der Waals surface area contributed by atoms with E-state index in [0.29, 0.717) is 25.3 Å². The van der Waals surface area contributed by atoms with Gasteiger partial charge in [-0.3, -0.25) is 4.79 Å². The van der Waals surface area contributed by atoms with Crippen LogP contribution in [0.5, 0.6) is 0 Å². The Hall–Kier alpha value is -1.13. The molecule has 1 aliphatic carbocycles. The Kier molecular flexibility index (Phi) is 5.96. The highest BCUT2D eigenvalue weighted by atomic mass is 35.5. The average Bonchev–Trinajstić information content (AvgIpc) is 3.22. The van der Waals surface area contributed by atoms with E-state index in [9.17, 15) is 9.18 Å². The second kappa shape index (κ2) is 7.04. The first-order valence-electron chi connectivity index (χ1n) is 6.79. The molecule has 0 aliphatic heterocycles. The van der Waals surface area contributed by atoms with Crippen LogP contribution in [0.15, 0.2) is 24.3 Å². The Labute approximate surface area is 125 Å². The second-order valence-electron chi connectivity index (χ2n) is 5.57. The zero-order chi connectivity index (χ0) is 13.9. The van der Waals surface area contributed by atoms with Crippen molar-refractivity contribution in [2.24, 2.45) is 11.7 Å². The van der Waals surface area contributed by atoms with Gasteiger partial charge in [-0.25, -0.2) is 4.39 Å². The summed E-state index contributed by atoms with van der Waals surface area (Å²) in [6.45, 7) is 2.49. The van der Waals surface area contributed by atoms with Crippen LogP contribution >= 0.6 is 12.4 Å². The number of nitrogens with two attached hydrogens (primary N) is 1. The molecule has 112 valence electrons. The fourth-order valence-electron chi connectivity index (χ4n) is 2.33. The van der Waals surface area contributed by atoms with Crippen LogP contribution in [0.3, 0.4) is 0 Å². The van der Waals surface area contributed by atoms with E-state index in [1.54, 1.807) is 12.1 Å². The first-order chi connectivity index (χ1) is 9.03. The molecule has 0 radical (unpaired) electrons. The topological polar surface area (TPSA) is 55.1 Å². The van der Waals surface area contributed by atoms with E-state index in [2.05, 4.69) is 5.32 Å². The van der Waals surface area contributed by atoms with Gasteiger partial charge in [-0.15, -0.1) is 12.4 Å². The number of benzene rings is 1. The molecule has 1 aromatic carbocycles. The van der Waals surface area contributed by atoms with Crippen molar-refractivity contribution in [3.63, 3.8) is 0 Å². The SMILES string of the molecule is CC(CN)(NC(=O)CCc1ccc(F)cc1)C1CC1.Cl. The summed E-state index contributed by atoms with van der Waals surface area (Å²) in [6.07, 6.45) is 3.32. The van der Waals surface area contributed by atoms with Crippen LogP contribution in [0, 0.1) is 11.7 Å². The smallest absolute Gasteiger partial charge is 0.220 e. The first-order valence-corrected chi connectivity index (χ1v) is 6.79. The van der Waals surface area contributed by atoms with Gasteiger partial charge in [-0.2, -0.15) is 0 Å². The second-order valence-corrected chi connectivity index (χ2v) is 5.57. The molecule has 1 amide bonds. The van der Waals surface area contributed by atoms with Crippen molar-refractivity contribution in [3.8, 4) is 0 Å². The highest BCUT2D eigenvalue weighted by Gasteiger charge is 2.41. The van der Waals surface area contributed by atoms with Gasteiger partial charge in [-0.1, -0.05) is 12.1 Å². The summed E-state index contributed by atoms with van der Waals surface area (Å²) in [5, 5.41) is 3.05. The number of halogens is 2. The van der Waals surface area contributed by atoms with E-state index < -0.39 is 0 Å². The zero-order valence-electron chi connectivity index (χ0n) is 11.7. The molecule has 3 N–H and O–H groups in total. The highest BCUT2D eigenvalue weighted by molar-refractivity contribution is 5.85. The molecule has 0 heterocycles. The van der Waals surface area contributed by atoms with E-state index in [1.807, 2.05) is 6.92 Å². The predicted octanol–water partition coefficient (Wildman–Crippen LogP) is 2.42. The van der Waals surface area contributed by atoms with Crippen LogP contribution in [-0.2, 0) is 11.2 Å². The number of nitrogens with one attached hydrogen (secondary N) is 1. The Balaban J connectivity index is 0.00000200. The molecule has 5 heteroatoms. The van der Waals surface area contributed by atoms with Crippen molar-refractivity contribution >= 4 is 18.3 Å². The molecule has 1 atom stereocenters. The maximum absolute atomic E-state index is 12.8. The average molecular weight is 301 g/mol. The van der Waals surface area contributed by atoms with Crippen LogP contribution in [0.25, 0.3) is 0 Å². The highest BCUT2D eigenvalue weighted by Crippen LogP contribution is 2.38. The quantitative estimate of drug-likeness (QED) is 0.848. The monoisotopic (exact) mass is 300 g/mol. The van der Waals surface area contributed by atoms with Crippen LogP contribution in [0.1, 0.15) is 31.7 Å². The van der Waals surface area contributed by atoms with Gasteiger partial charge < -0.3 is 11.1 Å². The van der Waals surface area contributed by atoms with Crippen molar-refractivity contribution in [3.05, 3.63) is 35.6 Å². The summed E-state index contributed by atoms with van der Waals surface area (Å²) in [5.74, 6) is 0.286. The molecule has 1 saturated carbocycles. The van der Waals surface area contributed by atoms with Crippen LogP contribution in [-0.4, -0.2) is 18.0 Å². The third-order valence-electron chi connectivity index (χ3n) is 3.88. The van der Waals surface area contributed by atoms with Crippen LogP contribution in [0.2, 0.25) is 0 Å². The lowest BCUT2D eigenvalue weighted by Gasteiger charge is -2.29. The number of carbonyl (C=O) groups is 1. The third kappa shape index (κ3) is 4.46. The zero-order valence-corrected chi connectivity index (χ0v) is 12.5. The van der Waals surface area contributed by atoms with Gasteiger partial charge in [0.15, 0.2) is 0 Å². The number of rotatable bonds is 6. The molecule has 0 aromatic heterocycles. The summed E-state index contributed by atoms with van der Waals surface area (Å²) in [6, 6.07) is 6.26. The fourth-order valence-corrected chi connectivity index (χ4v) is 2.33.